The van der Waals surface area contributed by atoms with Crippen LogP contribution in [0.15, 0.2) is 24.3 Å². The third-order valence-corrected chi connectivity index (χ3v) is 3.76. The maximum atomic E-state index is 12.1. The van der Waals surface area contributed by atoms with Gasteiger partial charge < -0.3 is 9.84 Å². The van der Waals surface area contributed by atoms with Crippen LogP contribution in [0.5, 0.6) is 0 Å². The third kappa shape index (κ3) is 3.60. The van der Waals surface area contributed by atoms with E-state index in [9.17, 15) is 9.90 Å². The zero-order valence-corrected chi connectivity index (χ0v) is 13.1. The van der Waals surface area contributed by atoms with Gasteiger partial charge in [-0.25, -0.2) is 0 Å². The van der Waals surface area contributed by atoms with Gasteiger partial charge in [0, 0.05) is 0 Å². The van der Waals surface area contributed by atoms with Gasteiger partial charge in [-0.15, -0.1) is 0 Å². The molecule has 0 heterocycles. The summed E-state index contributed by atoms with van der Waals surface area (Å²) in [6.07, 6.45) is 0.952. The molecule has 3 heteroatoms. The van der Waals surface area contributed by atoms with Gasteiger partial charge in [0.15, 0.2) is 0 Å². The number of esters is 1. The molecule has 0 aliphatic carbocycles. The summed E-state index contributed by atoms with van der Waals surface area (Å²) in [5.74, 6) is -0.920. The van der Waals surface area contributed by atoms with Crippen LogP contribution < -0.4 is 0 Å². The number of carbonyl (C=O) groups excluding carboxylic acids is 1. The highest BCUT2D eigenvalue weighted by Crippen LogP contribution is 2.35. The van der Waals surface area contributed by atoms with Gasteiger partial charge in [-0.1, -0.05) is 45.0 Å². The van der Waals surface area contributed by atoms with Crippen LogP contribution in [0.4, 0.5) is 0 Å². The standard InChI is InChI=1S/C17H26O3/c1-6-13-8-10-14(11-9-13)17(5,19)15(12(3)4)16(18)20-7-2/h8-12,15,19H,6-7H2,1-5H3. The average molecular weight is 278 g/mol. The van der Waals surface area contributed by atoms with E-state index in [-0.39, 0.29) is 11.9 Å². The number of ether oxygens (including phenoxy) is 1. The molecule has 0 saturated carbocycles. The fraction of sp³-hybridized carbons (Fsp3) is 0.588. The largest absolute Gasteiger partial charge is 0.466 e. The second-order valence-corrected chi connectivity index (χ2v) is 5.67. The predicted molar refractivity (Wildman–Crippen MR) is 80.4 cm³/mol. The van der Waals surface area contributed by atoms with Crippen molar-refractivity contribution in [2.45, 2.75) is 46.6 Å². The molecule has 0 fully saturated rings. The van der Waals surface area contributed by atoms with E-state index >= 15 is 0 Å². The van der Waals surface area contributed by atoms with Crippen LogP contribution in [0.2, 0.25) is 0 Å². The van der Waals surface area contributed by atoms with Crippen molar-refractivity contribution in [2.75, 3.05) is 6.61 Å². The molecule has 0 bridgehead atoms. The molecule has 0 aromatic heterocycles. The summed E-state index contributed by atoms with van der Waals surface area (Å²) in [5.41, 5.74) is 0.732. The zero-order valence-electron chi connectivity index (χ0n) is 13.1. The molecule has 0 amide bonds. The quantitative estimate of drug-likeness (QED) is 0.812. The highest BCUT2D eigenvalue weighted by atomic mass is 16.5. The topological polar surface area (TPSA) is 46.5 Å². The SMILES string of the molecule is CCOC(=O)C(C(C)C)C(C)(O)c1ccc(CC)cc1. The fourth-order valence-corrected chi connectivity index (χ4v) is 2.64. The molecule has 3 nitrogen and oxygen atoms in total. The molecule has 1 N–H and O–H groups in total. The normalized spacial score (nSPS) is 15.8. The third-order valence-electron chi connectivity index (χ3n) is 3.76. The second-order valence-electron chi connectivity index (χ2n) is 5.67. The highest BCUT2D eigenvalue weighted by Gasteiger charge is 2.41. The Balaban J connectivity index is 3.11. The number of benzene rings is 1. The van der Waals surface area contributed by atoms with E-state index in [1.54, 1.807) is 13.8 Å². The lowest BCUT2D eigenvalue weighted by Gasteiger charge is -2.34. The maximum absolute atomic E-state index is 12.1. The van der Waals surface area contributed by atoms with Crippen molar-refractivity contribution in [1.29, 1.82) is 0 Å². The molecule has 0 aliphatic rings. The molecule has 112 valence electrons. The first-order chi connectivity index (χ1) is 9.34. The van der Waals surface area contributed by atoms with Gasteiger partial charge in [0.25, 0.3) is 0 Å². The first-order valence-electron chi connectivity index (χ1n) is 7.33. The summed E-state index contributed by atoms with van der Waals surface area (Å²) >= 11 is 0. The summed E-state index contributed by atoms with van der Waals surface area (Å²) in [7, 11) is 0. The highest BCUT2D eigenvalue weighted by molar-refractivity contribution is 5.74. The van der Waals surface area contributed by atoms with Gasteiger partial charge in [-0.2, -0.15) is 0 Å². The lowest BCUT2D eigenvalue weighted by Crippen LogP contribution is -2.41. The summed E-state index contributed by atoms with van der Waals surface area (Å²) in [6.45, 7) is 9.73. The van der Waals surface area contributed by atoms with Crippen LogP contribution in [-0.4, -0.2) is 17.7 Å². The Bertz CT molecular complexity index is 432. The summed E-state index contributed by atoms with van der Waals surface area (Å²) < 4.78 is 5.12. The number of aryl methyl sites for hydroxylation is 1. The van der Waals surface area contributed by atoms with E-state index in [0.29, 0.717) is 6.61 Å². The molecule has 2 atom stereocenters. The molecular weight excluding hydrogens is 252 g/mol. The monoisotopic (exact) mass is 278 g/mol. The molecule has 20 heavy (non-hydrogen) atoms. The maximum Gasteiger partial charge on any atom is 0.312 e. The Morgan fingerprint density at radius 3 is 2.20 bits per heavy atom. The van der Waals surface area contributed by atoms with E-state index < -0.39 is 11.5 Å². The number of hydrogen-bond donors (Lipinski definition) is 1. The minimum atomic E-state index is -1.23. The zero-order chi connectivity index (χ0) is 15.3. The summed E-state index contributed by atoms with van der Waals surface area (Å²) in [6, 6.07) is 7.78. The average Bonchev–Trinajstić information content (AvgIpc) is 2.38. The Labute approximate surface area is 122 Å². The lowest BCUT2D eigenvalue weighted by atomic mass is 9.76. The van der Waals surface area contributed by atoms with Gasteiger partial charge in [0.05, 0.1) is 12.5 Å². The molecule has 0 spiro atoms. The first-order valence-corrected chi connectivity index (χ1v) is 7.33. The van der Waals surface area contributed by atoms with Crippen molar-refractivity contribution >= 4 is 5.97 Å². The van der Waals surface area contributed by atoms with Crippen molar-refractivity contribution in [2.24, 2.45) is 11.8 Å². The van der Waals surface area contributed by atoms with Gasteiger partial charge in [0.1, 0.15) is 5.60 Å². The van der Waals surface area contributed by atoms with Crippen LogP contribution in [-0.2, 0) is 21.6 Å². The lowest BCUT2D eigenvalue weighted by molar-refractivity contribution is -0.161. The minimum absolute atomic E-state index is 0.00472. The van der Waals surface area contributed by atoms with E-state index in [4.69, 9.17) is 4.74 Å². The number of rotatable bonds is 6. The van der Waals surface area contributed by atoms with Crippen molar-refractivity contribution in [3.8, 4) is 0 Å². The van der Waals surface area contributed by atoms with Crippen LogP contribution in [0.1, 0.15) is 45.7 Å². The fourth-order valence-electron chi connectivity index (χ4n) is 2.64. The number of carbonyl (C=O) groups is 1. The molecular formula is C17H26O3. The van der Waals surface area contributed by atoms with E-state index in [0.717, 1.165) is 12.0 Å². The minimum Gasteiger partial charge on any atom is -0.466 e. The summed E-state index contributed by atoms with van der Waals surface area (Å²) in [4.78, 5) is 12.1. The van der Waals surface area contributed by atoms with Crippen LogP contribution in [0.3, 0.4) is 0 Å². The molecule has 1 rings (SSSR count). The van der Waals surface area contributed by atoms with Gasteiger partial charge in [-0.3, -0.25) is 4.79 Å². The Hall–Kier alpha value is -1.35. The summed E-state index contributed by atoms with van der Waals surface area (Å²) in [5, 5.41) is 10.9. The van der Waals surface area contributed by atoms with E-state index in [1.807, 2.05) is 38.1 Å². The van der Waals surface area contributed by atoms with Gasteiger partial charge >= 0.3 is 5.97 Å². The van der Waals surface area contributed by atoms with Crippen molar-refractivity contribution in [1.82, 2.24) is 0 Å². The van der Waals surface area contributed by atoms with E-state index in [1.165, 1.54) is 5.56 Å². The van der Waals surface area contributed by atoms with Gasteiger partial charge in [-0.05, 0) is 37.3 Å². The van der Waals surface area contributed by atoms with Gasteiger partial charge in [0.2, 0.25) is 0 Å². The molecule has 0 radical (unpaired) electrons. The molecule has 2 unspecified atom stereocenters. The van der Waals surface area contributed by atoms with Crippen LogP contribution in [0, 0.1) is 11.8 Å². The molecule has 0 aliphatic heterocycles. The van der Waals surface area contributed by atoms with Crippen molar-refractivity contribution < 1.29 is 14.6 Å². The van der Waals surface area contributed by atoms with Crippen LogP contribution >= 0.6 is 0 Å². The van der Waals surface area contributed by atoms with Crippen molar-refractivity contribution in [3.05, 3.63) is 35.4 Å². The predicted octanol–water partition coefficient (Wildman–Crippen LogP) is 3.29. The van der Waals surface area contributed by atoms with E-state index in [2.05, 4.69) is 6.92 Å². The van der Waals surface area contributed by atoms with Crippen molar-refractivity contribution in [3.63, 3.8) is 0 Å². The molecule has 1 aromatic rings. The Morgan fingerprint density at radius 1 is 1.25 bits per heavy atom. The van der Waals surface area contributed by atoms with Crippen LogP contribution in [0.25, 0.3) is 0 Å². The number of aliphatic hydroxyl groups is 1. The Kier molecular flexibility index (Phi) is 5.75. The molecule has 1 aromatic carbocycles. The smallest absolute Gasteiger partial charge is 0.312 e. The Morgan fingerprint density at radius 2 is 1.80 bits per heavy atom. The first kappa shape index (κ1) is 16.7. The second kappa shape index (κ2) is 6.89. The number of hydrogen-bond acceptors (Lipinski definition) is 3. The molecule has 0 saturated heterocycles.